The first-order valence-electron chi connectivity index (χ1n) is 7.83. The standard InChI is InChI=1S/C17H24N2O3/c1-12(2)13-5-7-15(8-6-13)22-10-9-18-16(20)11-19-17(21)14-3-4-14/h5-8,12,14H,3-4,9-11H2,1-2H3,(H,18,20)(H,19,21). The second kappa shape index (κ2) is 7.82. The summed E-state index contributed by atoms with van der Waals surface area (Å²) >= 11 is 0. The number of nitrogens with one attached hydrogen (secondary N) is 2. The summed E-state index contributed by atoms with van der Waals surface area (Å²) in [7, 11) is 0. The second-order valence-corrected chi connectivity index (χ2v) is 5.91. The fourth-order valence-corrected chi connectivity index (χ4v) is 2.03. The molecule has 0 spiro atoms. The highest BCUT2D eigenvalue weighted by Crippen LogP contribution is 2.28. The molecule has 5 nitrogen and oxygen atoms in total. The first-order valence-corrected chi connectivity index (χ1v) is 7.83. The smallest absolute Gasteiger partial charge is 0.239 e. The zero-order chi connectivity index (χ0) is 15.9. The molecule has 0 bridgehead atoms. The van der Waals surface area contributed by atoms with Gasteiger partial charge in [-0.1, -0.05) is 26.0 Å². The summed E-state index contributed by atoms with van der Waals surface area (Å²) in [4.78, 5) is 22.9. The summed E-state index contributed by atoms with van der Waals surface area (Å²) in [6, 6.07) is 7.97. The van der Waals surface area contributed by atoms with Crippen molar-refractivity contribution in [3.05, 3.63) is 29.8 Å². The molecule has 2 rings (SSSR count). The van der Waals surface area contributed by atoms with E-state index in [9.17, 15) is 9.59 Å². The van der Waals surface area contributed by atoms with E-state index in [0.717, 1.165) is 18.6 Å². The van der Waals surface area contributed by atoms with Gasteiger partial charge < -0.3 is 15.4 Å². The van der Waals surface area contributed by atoms with Gasteiger partial charge in [0.15, 0.2) is 0 Å². The molecule has 0 saturated heterocycles. The lowest BCUT2D eigenvalue weighted by atomic mass is 10.0. The molecule has 1 aliphatic rings. The molecule has 1 fully saturated rings. The third-order valence-electron chi connectivity index (χ3n) is 3.61. The molecule has 5 heteroatoms. The van der Waals surface area contributed by atoms with Gasteiger partial charge in [-0.2, -0.15) is 0 Å². The van der Waals surface area contributed by atoms with Crippen molar-refractivity contribution in [2.45, 2.75) is 32.6 Å². The largest absolute Gasteiger partial charge is 0.492 e. The maximum absolute atomic E-state index is 11.5. The maximum Gasteiger partial charge on any atom is 0.239 e. The highest BCUT2D eigenvalue weighted by molar-refractivity contribution is 5.86. The molecule has 0 atom stereocenters. The van der Waals surface area contributed by atoms with E-state index in [1.54, 1.807) is 0 Å². The van der Waals surface area contributed by atoms with Crippen LogP contribution in [0.2, 0.25) is 0 Å². The van der Waals surface area contributed by atoms with E-state index in [1.165, 1.54) is 5.56 Å². The average Bonchev–Trinajstić information content (AvgIpc) is 3.34. The van der Waals surface area contributed by atoms with Crippen molar-refractivity contribution < 1.29 is 14.3 Å². The van der Waals surface area contributed by atoms with Crippen LogP contribution >= 0.6 is 0 Å². The SMILES string of the molecule is CC(C)c1ccc(OCCNC(=O)CNC(=O)C2CC2)cc1. The maximum atomic E-state index is 11.5. The van der Waals surface area contributed by atoms with Gasteiger partial charge in [-0.25, -0.2) is 0 Å². The Labute approximate surface area is 131 Å². The van der Waals surface area contributed by atoms with Crippen LogP contribution < -0.4 is 15.4 Å². The number of amides is 2. The Kier molecular flexibility index (Phi) is 5.81. The predicted molar refractivity (Wildman–Crippen MR) is 84.8 cm³/mol. The quantitative estimate of drug-likeness (QED) is 0.720. The molecular weight excluding hydrogens is 280 g/mol. The molecule has 0 heterocycles. The molecule has 2 amide bonds. The Bertz CT molecular complexity index is 507. The number of ether oxygens (including phenoxy) is 1. The molecule has 2 N–H and O–H groups in total. The van der Waals surface area contributed by atoms with Crippen LogP contribution in [0.5, 0.6) is 5.75 Å². The van der Waals surface area contributed by atoms with Gasteiger partial charge in [0.2, 0.25) is 11.8 Å². The van der Waals surface area contributed by atoms with E-state index in [0.29, 0.717) is 19.1 Å². The zero-order valence-corrected chi connectivity index (χ0v) is 13.2. The summed E-state index contributed by atoms with van der Waals surface area (Å²) < 4.78 is 5.56. The van der Waals surface area contributed by atoms with Crippen molar-refractivity contribution in [1.29, 1.82) is 0 Å². The summed E-state index contributed by atoms with van der Waals surface area (Å²) in [6.07, 6.45) is 1.88. The van der Waals surface area contributed by atoms with Crippen molar-refractivity contribution >= 4 is 11.8 Å². The van der Waals surface area contributed by atoms with Gasteiger partial charge in [0.1, 0.15) is 12.4 Å². The zero-order valence-electron chi connectivity index (χ0n) is 13.2. The lowest BCUT2D eigenvalue weighted by Gasteiger charge is -2.10. The molecule has 1 aromatic carbocycles. The molecule has 1 saturated carbocycles. The van der Waals surface area contributed by atoms with E-state index >= 15 is 0 Å². The minimum Gasteiger partial charge on any atom is -0.492 e. The van der Waals surface area contributed by atoms with Crippen molar-refractivity contribution in [3.8, 4) is 5.75 Å². The van der Waals surface area contributed by atoms with Crippen LogP contribution in [-0.2, 0) is 9.59 Å². The molecule has 22 heavy (non-hydrogen) atoms. The van der Waals surface area contributed by atoms with Gasteiger partial charge in [-0.3, -0.25) is 9.59 Å². The minimum atomic E-state index is -0.187. The Morgan fingerprint density at radius 3 is 2.45 bits per heavy atom. The molecule has 0 radical (unpaired) electrons. The summed E-state index contributed by atoms with van der Waals surface area (Å²) in [6.45, 7) is 5.16. The predicted octanol–water partition coefficient (Wildman–Crippen LogP) is 1.83. The third-order valence-corrected chi connectivity index (χ3v) is 3.61. The third kappa shape index (κ3) is 5.39. The normalized spacial score (nSPS) is 13.8. The molecule has 0 aliphatic heterocycles. The number of hydrogen-bond acceptors (Lipinski definition) is 3. The number of carbonyl (C=O) groups excluding carboxylic acids is 2. The summed E-state index contributed by atoms with van der Waals surface area (Å²) in [5.41, 5.74) is 1.27. The van der Waals surface area contributed by atoms with E-state index < -0.39 is 0 Å². The summed E-state index contributed by atoms with van der Waals surface area (Å²) in [5, 5.41) is 5.35. The van der Waals surface area contributed by atoms with Crippen LogP contribution in [0.4, 0.5) is 0 Å². The number of rotatable bonds is 8. The Morgan fingerprint density at radius 2 is 1.86 bits per heavy atom. The lowest BCUT2D eigenvalue weighted by Crippen LogP contribution is -2.38. The Balaban J connectivity index is 1.57. The van der Waals surface area contributed by atoms with Gasteiger partial charge in [-0.15, -0.1) is 0 Å². The molecule has 120 valence electrons. The minimum absolute atomic E-state index is 0.0170. The van der Waals surface area contributed by atoms with E-state index in [1.807, 2.05) is 24.3 Å². The van der Waals surface area contributed by atoms with Gasteiger partial charge in [0.05, 0.1) is 13.1 Å². The number of benzene rings is 1. The second-order valence-electron chi connectivity index (χ2n) is 5.91. The van der Waals surface area contributed by atoms with Crippen molar-refractivity contribution in [1.82, 2.24) is 10.6 Å². The van der Waals surface area contributed by atoms with E-state index in [4.69, 9.17) is 4.74 Å². The highest BCUT2D eigenvalue weighted by atomic mass is 16.5. The Morgan fingerprint density at radius 1 is 1.18 bits per heavy atom. The summed E-state index contributed by atoms with van der Waals surface area (Å²) in [5.74, 6) is 1.22. The number of hydrogen-bond donors (Lipinski definition) is 2. The first kappa shape index (κ1) is 16.3. The van der Waals surface area contributed by atoms with Gasteiger partial charge in [0.25, 0.3) is 0 Å². The number of carbonyl (C=O) groups is 2. The van der Waals surface area contributed by atoms with Crippen molar-refractivity contribution in [2.24, 2.45) is 5.92 Å². The van der Waals surface area contributed by atoms with Crippen LogP contribution in [0.15, 0.2) is 24.3 Å². The monoisotopic (exact) mass is 304 g/mol. The van der Waals surface area contributed by atoms with Gasteiger partial charge in [0, 0.05) is 5.92 Å². The van der Waals surface area contributed by atoms with Crippen LogP contribution in [0.1, 0.15) is 38.2 Å². The fraction of sp³-hybridized carbons (Fsp3) is 0.529. The molecule has 1 aliphatic carbocycles. The van der Waals surface area contributed by atoms with E-state index in [2.05, 4.69) is 24.5 Å². The van der Waals surface area contributed by atoms with Crippen LogP contribution in [0, 0.1) is 5.92 Å². The van der Waals surface area contributed by atoms with Crippen LogP contribution in [0.25, 0.3) is 0 Å². The van der Waals surface area contributed by atoms with Gasteiger partial charge >= 0.3 is 0 Å². The van der Waals surface area contributed by atoms with Crippen LogP contribution in [-0.4, -0.2) is 31.5 Å². The first-order chi connectivity index (χ1) is 10.6. The molecular formula is C17H24N2O3. The average molecular weight is 304 g/mol. The van der Waals surface area contributed by atoms with Crippen molar-refractivity contribution in [3.63, 3.8) is 0 Å². The van der Waals surface area contributed by atoms with Crippen LogP contribution in [0.3, 0.4) is 0 Å². The van der Waals surface area contributed by atoms with Crippen molar-refractivity contribution in [2.75, 3.05) is 19.7 Å². The molecule has 0 unspecified atom stereocenters. The fourth-order valence-electron chi connectivity index (χ4n) is 2.03. The van der Waals surface area contributed by atoms with E-state index in [-0.39, 0.29) is 24.3 Å². The topological polar surface area (TPSA) is 67.4 Å². The lowest BCUT2D eigenvalue weighted by molar-refractivity contribution is -0.126. The highest BCUT2D eigenvalue weighted by Gasteiger charge is 2.29. The van der Waals surface area contributed by atoms with Gasteiger partial charge in [-0.05, 0) is 36.5 Å². The molecule has 1 aromatic rings. The molecule has 0 aromatic heterocycles. The Hall–Kier alpha value is -2.04.